The minimum atomic E-state index is -4.26. The molecule has 0 aromatic carbocycles. The Hall–Kier alpha value is -0.580. The standard InChI is InChI=1S/C8H13F3O2/c1-3-13-6(2)7(12)4-5-8(9,10)11/h6H,3-5H2,1-2H3. The second-order valence-electron chi connectivity index (χ2n) is 2.68. The van der Waals surface area contributed by atoms with E-state index in [9.17, 15) is 18.0 Å². The molecule has 0 heterocycles. The van der Waals surface area contributed by atoms with E-state index < -0.39 is 30.9 Å². The van der Waals surface area contributed by atoms with Crippen LogP contribution in [0.5, 0.6) is 0 Å². The van der Waals surface area contributed by atoms with Gasteiger partial charge in [-0.05, 0) is 13.8 Å². The van der Waals surface area contributed by atoms with Crippen molar-refractivity contribution in [3.8, 4) is 0 Å². The highest BCUT2D eigenvalue weighted by Crippen LogP contribution is 2.21. The lowest BCUT2D eigenvalue weighted by Gasteiger charge is -2.11. The maximum absolute atomic E-state index is 11.7. The summed E-state index contributed by atoms with van der Waals surface area (Å²) in [6.45, 7) is 3.48. The van der Waals surface area contributed by atoms with Crippen LogP contribution in [-0.2, 0) is 9.53 Å². The number of alkyl halides is 3. The Balaban J connectivity index is 3.74. The van der Waals surface area contributed by atoms with Crippen molar-refractivity contribution < 1.29 is 22.7 Å². The fourth-order valence-electron chi connectivity index (χ4n) is 0.811. The Kier molecular flexibility index (Phi) is 4.98. The van der Waals surface area contributed by atoms with Crippen molar-refractivity contribution in [1.82, 2.24) is 0 Å². The fraction of sp³-hybridized carbons (Fsp3) is 0.875. The maximum atomic E-state index is 11.7. The average Bonchev–Trinajstić information content (AvgIpc) is 1.99. The number of rotatable bonds is 5. The first-order valence-electron chi connectivity index (χ1n) is 4.08. The summed E-state index contributed by atoms with van der Waals surface area (Å²) in [5, 5.41) is 0. The fourth-order valence-corrected chi connectivity index (χ4v) is 0.811. The van der Waals surface area contributed by atoms with Gasteiger partial charge >= 0.3 is 6.18 Å². The number of ketones is 1. The van der Waals surface area contributed by atoms with Gasteiger partial charge in [-0.2, -0.15) is 13.2 Å². The van der Waals surface area contributed by atoms with E-state index in [1.165, 1.54) is 6.92 Å². The molecule has 1 unspecified atom stereocenters. The molecule has 0 aliphatic heterocycles. The van der Waals surface area contributed by atoms with Crippen LogP contribution in [0.15, 0.2) is 0 Å². The summed E-state index contributed by atoms with van der Waals surface area (Å²) in [5.74, 6) is -0.501. The van der Waals surface area contributed by atoms with E-state index in [0.717, 1.165) is 0 Å². The Morgan fingerprint density at radius 3 is 2.38 bits per heavy atom. The smallest absolute Gasteiger partial charge is 0.371 e. The number of halogens is 3. The molecule has 0 N–H and O–H groups in total. The van der Waals surface area contributed by atoms with Gasteiger partial charge in [0.2, 0.25) is 0 Å². The molecule has 0 spiro atoms. The molecule has 0 bridgehead atoms. The number of carbonyl (C=O) groups excluding carboxylic acids is 1. The van der Waals surface area contributed by atoms with E-state index in [1.807, 2.05) is 0 Å². The van der Waals surface area contributed by atoms with E-state index in [-0.39, 0.29) is 0 Å². The molecule has 5 heteroatoms. The monoisotopic (exact) mass is 198 g/mol. The summed E-state index contributed by atoms with van der Waals surface area (Å²) < 4.78 is 39.9. The largest absolute Gasteiger partial charge is 0.389 e. The van der Waals surface area contributed by atoms with Gasteiger partial charge in [-0.1, -0.05) is 0 Å². The molecular formula is C8H13F3O2. The highest BCUT2D eigenvalue weighted by atomic mass is 19.4. The van der Waals surface area contributed by atoms with E-state index in [0.29, 0.717) is 6.61 Å². The van der Waals surface area contributed by atoms with Crippen molar-refractivity contribution in [3.63, 3.8) is 0 Å². The predicted octanol–water partition coefficient (Wildman–Crippen LogP) is 2.32. The molecule has 1 atom stereocenters. The van der Waals surface area contributed by atoms with Crippen molar-refractivity contribution in [2.24, 2.45) is 0 Å². The van der Waals surface area contributed by atoms with E-state index >= 15 is 0 Å². The molecule has 0 fully saturated rings. The normalized spacial score (nSPS) is 14.2. The third-order valence-corrected chi connectivity index (χ3v) is 1.52. The first kappa shape index (κ1) is 12.4. The molecule has 0 aromatic heterocycles. The summed E-state index contributed by atoms with van der Waals surface area (Å²) in [4.78, 5) is 11.0. The molecule has 0 rings (SSSR count). The molecule has 0 saturated heterocycles. The Morgan fingerprint density at radius 1 is 1.46 bits per heavy atom. The van der Waals surface area contributed by atoms with Crippen LogP contribution in [0.3, 0.4) is 0 Å². The van der Waals surface area contributed by atoms with Crippen molar-refractivity contribution in [1.29, 1.82) is 0 Å². The van der Waals surface area contributed by atoms with Crippen molar-refractivity contribution in [3.05, 3.63) is 0 Å². The van der Waals surface area contributed by atoms with Crippen molar-refractivity contribution in [2.75, 3.05) is 6.61 Å². The van der Waals surface area contributed by atoms with Crippen LogP contribution in [0.2, 0.25) is 0 Å². The third-order valence-electron chi connectivity index (χ3n) is 1.52. The topological polar surface area (TPSA) is 26.3 Å². The zero-order valence-corrected chi connectivity index (χ0v) is 7.65. The summed E-state index contributed by atoms with van der Waals surface area (Å²) in [6, 6.07) is 0. The molecule has 13 heavy (non-hydrogen) atoms. The summed E-state index contributed by atoms with van der Waals surface area (Å²) in [7, 11) is 0. The highest BCUT2D eigenvalue weighted by Gasteiger charge is 2.28. The molecule has 0 amide bonds. The number of hydrogen-bond acceptors (Lipinski definition) is 2. The van der Waals surface area contributed by atoms with Crippen LogP contribution in [0.1, 0.15) is 26.7 Å². The molecule has 0 aliphatic carbocycles. The second kappa shape index (κ2) is 5.21. The van der Waals surface area contributed by atoms with Crippen molar-refractivity contribution in [2.45, 2.75) is 39.0 Å². The maximum Gasteiger partial charge on any atom is 0.389 e. The van der Waals surface area contributed by atoms with Gasteiger partial charge in [0, 0.05) is 13.0 Å². The van der Waals surface area contributed by atoms with Gasteiger partial charge in [-0.3, -0.25) is 4.79 Å². The summed E-state index contributed by atoms with van der Waals surface area (Å²) in [5.41, 5.74) is 0. The molecule has 0 aromatic rings. The van der Waals surface area contributed by atoms with Gasteiger partial charge in [0.05, 0.1) is 6.42 Å². The minimum Gasteiger partial charge on any atom is -0.371 e. The Bertz CT molecular complexity index is 165. The lowest BCUT2D eigenvalue weighted by molar-refractivity contribution is -0.147. The SMILES string of the molecule is CCOC(C)C(=O)CCC(F)(F)F. The van der Waals surface area contributed by atoms with Crippen LogP contribution in [0, 0.1) is 0 Å². The van der Waals surface area contributed by atoms with Gasteiger partial charge in [0.15, 0.2) is 5.78 Å². The van der Waals surface area contributed by atoms with Crippen LogP contribution < -0.4 is 0 Å². The molecule has 0 saturated carbocycles. The molecule has 0 aliphatic rings. The van der Waals surface area contributed by atoms with E-state index in [1.54, 1.807) is 6.92 Å². The van der Waals surface area contributed by atoms with Gasteiger partial charge in [-0.15, -0.1) is 0 Å². The minimum absolute atomic E-state index is 0.332. The van der Waals surface area contributed by atoms with E-state index in [4.69, 9.17) is 4.74 Å². The number of hydrogen-bond donors (Lipinski definition) is 0. The third kappa shape index (κ3) is 6.57. The summed E-state index contributed by atoms with van der Waals surface area (Å²) >= 11 is 0. The van der Waals surface area contributed by atoms with Gasteiger partial charge < -0.3 is 4.74 Å². The van der Waals surface area contributed by atoms with Crippen LogP contribution in [0.25, 0.3) is 0 Å². The number of ether oxygens (including phenoxy) is 1. The van der Waals surface area contributed by atoms with Crippen LogP contribution in [-0.4, -0.2) is 24.7 Å². The van der Waals surface area contributed by atoms with Gasteiger partial charge in [0.1, 0.15) is 6.10 Å². The highest BCUT2D eigenvalue weighted by molar-refractivity contribution is 5.82. The average molecular weight is 198 g/mol. The number of carbonyl (C=O) groups is 1. The van der Waals surface area contributed by atoms with Gasteiger partial charge in [0.25, 0.3) is 0 Å². The van der Waals surface area contributed by atoms with Crippen molar-refractivity contribution >= 4 is 5.78 Å². The number of Topliss-reactive ketones (excluding diaryl/α,β-unsaturated/α-hetero) is 1. The molecule has 2 nitrogen and oxygen atoms in total. The Morgan fingerprint density at radius 2 is 2.00 bits per heavy atom. The molecule has 78 valence electrons. The van der Waals surface area contributed by atoms with E-state index in [2.05, 4.69) is 0 Å². The zero-order valence-electron chi connectivity index (χ0n) is 7.65. The Labute approximate surface area is 75.1 Å². The summed E-state index contributed by atoms with van der Waals surface area (Å²) in [6.07, 6.45) is -6.55. The van der Waals surface area contributed by atoms with Gasteiger partial charge in [-0.25, -0.2) is 0 Å². The van der Waals surface area contributed by atoms with Crippen LogP contribution in [0.4, 0.5) is 13.2 Å². The lowest BCUT2D eigenvalue weighted by atomic mass is 10.1. The first-order valence-corrected chi connectivity index (χ1v) is 4.08. The second-order valence-corrected chi connectivity index (χ2v) is 2.68. The predicted molar refractivity (Wildman–Crippen MR) is 41.4 cm³/mol. The zero-order chi connectivity index (χ0) is 10.5. The molecular weight excluding hydrogens is 185 g/mol. The molecule has 0 radical (unpaired) electrons. The quantitative estimate of drug-likeness (QED) is 0.677. The first-order chi connectivity index (χ1) is 5.87. The van der Waals surface area contributed by atoms with Crippen LogP contribution >= 0.6 is 0 Å². The lowest BCUT2D eigenvalue weighted by Crippen LogP contribution is -2.22.